The van der Waals surface area contributed by atoms with Crippen LogP contribution in [-0.4, -0.2) is 33.6 Å². The number of nitrogens with zero attached hydrogens (tertiary/aromatic N) is 2. The number of halogens is 4. The Hall–Kier alpha value is -2.12. The maximum Gasteiger partial charge on any atom is 0.439 e. The molecule has 1 unspecified atom stereocenters. The summed E-state index contributed by atoms with van der Waals surface area (Å²) in [6, 6.07) is 11.0. The van der Waals surface area contributed by atoms with Gasteiger partial charge in [-0.25, -0.2) is 4.99 Å². The van der Waals surface area contributed by atoms with Crippen molar-refractivity contribution >= 4 is 45.5 Å². The molecule has 3 rings (SSSR count). The number of hydrogen-bond acceptors (Lipinski definition) is 6. The van der Waals surface area contributed by atoms with E-state index in [1.807, 2.05) is 6.07 Å². The molecule has 4 nitrogen and oxygen atoms in total. The maximum absolute atomic E-state index is 14.2. The molecule has 0 bridgehead atoms. The third-order valence-electron chi connectivity index (χ3n) is 4.91. The van der Waals surface area contributed by atoms with Gasteiger partial charge in [0, 0.05) is 16.7 Å². The van der Waals surface area contributed by atoms with Crippen molar-refractivity contribution in [2.45, 2.75) is 17.8 Å². The lowest BCUT2D eigenvalue weighted by molar-refractivity contribution is -0.274. The average molecular weight is 485 g/mol. The van der Waals surface area contributed by atoms with E-state index >= 15 is 0 Å². The van der Waals surface area contributed by atoms with Gasteiger partial charge >= 0.3 is 6.18 Å². The minimum absolute atomic E-state index is 0.0267. The Labute approximate surface area is 190 Å². The highest BCUT2D eigenvalue weighted by Gasteiger charge is 2.67. The Morgan fingerprint density at radius 2 is 2.10 bits per heavy atom. The van der Waals surface area contributed by atoms with Gasteiger partial charge in [0.1, 0.15) is 5.92 Å². The molecule has 10 heteroatoms. The molecular formula is C21H16ClF3N2O2S2. The summed E-state index contributed by atoms with van der Waals surface area (Å²) in [5.74, 6) is -5.46. The molecule has 0 saturated heterocycles. The summed E-state index contributed by atoms with van der Waals surface area (Å²) in [6.45, 7) is 3.53. The van der Waals surface area contributed by atoms with Gasteiger partial charge in [-0.1, -0.05) is 41.9 Å². The lowest BCUT2D eigenvalue weighted by Gasteiger charge is -2.44. The van der Waals surface area contributed by atoms with Gasteiger partial charge in [-0.15, -0.1) is 29.7 Å². The van der Waals surface area contributed by atoms with E-state index in [2.05, 4.69) is 11.6 Å². The van der Waals surface area contributed by atoms with E-state index in [1.165, 1.54) is 30.3 Å². The minimum atomic E-state index is -5.27. The molecule has 0 spiro atoms. The van der Waals surface area contributed by atoms with Crippen molar-refractivity contribution in [2.24, 2.45) is 16.8 Å². The van der Waals surface area contributed by atoms with Gasteiger partial charge in [-0.2, -0.15) is 18.4 Å². The molecule has 0 aliphatic carbocycles. The molecule has 4 atom stereocenters. The summed E-state index contributed by atoms with van der Waals surface area (Å²) in [5, 5.41) is 22.2. The zero-order valence-corrected chi connectivity index (χ0v) is 18.2. The molecule has 1 aliphatic rings. The number of aliphatic imine (C=N–C) groups is 1. The number of aliphatic hydroxyl groups is 1. The molecular weight excluding hydrogens is 469 g/mol. The molecule has 1 aromatic carbocycles. The summed E-state index contributed by atoms with van der Waals surface area (Å²) in [4.78, 5) is 16.9. The predicted molar refractivity (Wildman–Crippen MR) is 117 cm³/mol. The molecule has 0 saturated carbocycles. The predicted octanol–water partition coefficient (Wildman–Crippen LogP) is 5.71. The van der Waals surface area contributed by atoms with Crippen LogP contribution >= 0.6 is 34.7 Å². The molecule has 162 valence electrons. The van der Waals surface area contributed by atoms with Crippen LogP contribution in [0.15, 0.2) is 59.4 Å². The normalized spacial score (nSPS) is 26.1. The van der Waals surface area contributed by atoms with Crippen LogP contribution in [0, 0.1) is 23.2 Å². The third kappa shape index (κ3) is 4.30. The van der Waals surface area contributed by atoms with E-state index in [0.717, 1.165) is 23.1 Å². The van der Waals surface area contributed by atoms with Gasteiger partial charge in [0.05, 0.1) is 21.9 Å². The van der Waals surface area contributed by atoms with Crippen LogP contribution in [0.5, 0.6) is 0 Å². The molecule has 1 aromatic heterocycles. The Kier molecular flexibility index (Phi) is 6.96. The van der Waals surface area contributed by atoms with E-state index in [0.29, 0.717) is 0 Å². The second-order valence-corrected chi connectivity index (χ2v) is 9.14. The lowest BCUT2D eigenvalue weighted by Crippen LogP contribution is -2.59. The monoisotopic (exact) mass is 484 g/mol. The quantitative estimate of drug-likeness (QED) is 0.436. The summed E-state index contributed by atoms with van der Waals surface area (Å²) >= 11 is 8.10. The highest BCUT2D eigenvalue weighted by molar-refractivity contribution is 8.14. The van der Waals surface area contributed by atoms with Crippen molar-refractivity contribution in [3.8, 4) is 6.07 Å². The number of Topliss-reactive ketones (excluding diaryl/α,β-unsaturated/α-hetero) is 1. The maximum atomic E-state index is 14.2. The van der Waals surface area contributed by atoms with E-state index in [-0.39, 0.29) is 26.3 Å². The highest BCUT2D eigenvalue weighted by atomic mass is 35.5. The Balaban J connectivity index is 2.33. The third-order valence-corrected chi connectivity index (χ3v) is 7.19. The SMILES string of the molecule is C=CCSC1=N[C@@](O)(C(F)(F)F)[C@H](C(=O)c2cccs2)[C@H](c2ccccc2Cl)C1C#N. The minimum Gasteiger partial charge on any atom is -0.362 e. The second-order valence-electron chi connectivity index (χ2n) is 6.75. The van der Waals surface area contributed by atoms with E-state index in [1.54, 1.807) is 17.5 Å². The van der Waals surface area contributed by atoms with Crippen LogP contribution in [0.1, 0.15) is 21.2 Å². The van der Waals surface area contributed by atoms with Crippen molar-refractivity contribution in [1.29, 1.82) is 5.26 Å². The molecule has 2 aromatic rings. The smallest absolute Gasteiger partial charge is 0.362 e. The number of thioether (sulfide) groups is 1. The molecule has 0 amide bonds. The van der Waals surface area contributed by atoms with Gasteiger partial charge in [0.15, 0.2) is 5.78 Å². The fraction of sp³-hybridized carbons (Fsp3) is 0.286. The van der Waals surface area contributed by atoms with Crippen LogP contribution in [-0.2, 0) is 0 Å². The lowest BCUT2D eigenvalue weighted by atomic mass is 9.68. The Bertz CT molecular complexity index is 1050. The molecule has 0 fully saturated rings. The summed E-state index contributed by atoms with van der Waals surface area (Å²) in [7, 11) is 0. The molecule has 1 aliphatic heterocycles. The zero-order chi connectivity index (χ0) is 22.8. The molecule has 31 heavy (non-hydrogen) atoms. The number of nitriles is 1. The van der Waals surface area contributed by atoms with E-state index in [4.69, 9.17) is 11.6 Å². The molecule has 1 N–H and O–H groups in total. The fourth-order valence-corrected chi connectivity index (χ4v) is 5.40. The number of hydrogen-bond donors (Lipinski definition) is 1. The van der Waals surface area contributed by atoms with E-state index in [9.17, 15) is 28.3 Å². The Morgan fingerprint density at radius 3 is 2.65 bits per heavy atom. The number of alkyl halides is 3. The summed E-state index contributed by atoms with van der Waals surface area (Å²) in [5.41, 5.74) is -3.56. The number of carbonyl (C=O) groups is 1. The second kappa shape index (κ2) is 9.17. The van der Waals surface area contributed by atoms with Crippen LogP contribution in [0.25, 0.3) is 0 Å². The van der Waals surface area contributed by atoms with Crippen LogP contribution < -0.4 is 0 Å². The Morgan fingerprint density at radius 1 is 1.39 bits per heavy atom. The zero-order valence-electron chi connectivity index (χ0n) is 15.8. The van der Waals surface area contributed by atoms with Crippen molar-refractivity contribution in [3.63, 3.8) is 0 Å². The highest BCUT2D eigenvalue weighted by Crippen LogP contribution is 2.53. The van der Waals surface area contributed by atoms with Crippen molar-refractivity contribution in [3.05, 3.63) is 69.9 Å². The largest absolute Gasteiger partial charge is 0.439 e. The van der Waals surface area contributed by atoms with Gasteiger partial charge in [0.25, 0.3) is 5.72 Å². The number of benzene rings is 1. The van der Waals surface area contributed by atoms with Gasteiger partial charge in [0.2, 0.25) is 0 Å². The number of rotatable bonds is 5. The van der Waals surface area contributed by atoms with Crippen molar-refractivity contribution in [1.82, 2.24) is 0 Å². The molecule has 2 heterocycles. The van der Waals surface area contributed by atoms with E-state index < -0.39 is 35.4 Å². The summed E-state index contributed by atoms with van der Waals surface area (Å²) < 4.78 is 42.7. The van der Waals surface area contributed by atoms with Crippen LogP contribution in [0.2, 0.25) is 5.02 Å². The van der Waals surface area contributed by atoms with Crippen LogP contribution in [0.3, 0.4) is 0 Å². The number of ketones is 1. The van der Waals surface area contributed by atoms with Gasteiger partial charge < -0.3 is 5.11 Å². The topological polar surface area (TPSA) is 73.5 Å². The first-order chi connectivity index (χ1) is 14.7. The number of carbonyl (C=O) groups excluding carboxylic acids is 1. The van der Waals surface area contributed by atoms with Crippen molar-refractivity contribution in [2.75, 3.05) is 5.75 Å². The first-order valence-corrected chi connectivity index (χ1v) is 11.2. The average Bonchev–Trinajstić information content (AvgIpc) is 3.26. The fourth-order valence-electron chi connectivity index (χ4n) is 3.57. The van der Waals surface area contributed by atoms with Gasteiger partial charge in [-0.3, -0.25) is 4.79 Å². The number of thiophene rings is 1. The standard InChI is InChI=1S/C21H16ClF3N2O2S2/c1-2-9-31-19-13(11-26)16(12-6-3-4-7-14(12)22)17(18(28)15-8-5-10-30-15)20(29,27-19)21(23,24)25/h2-8,10,13,16-17,29H,1,9H2/t13?,16-,17+,20+/m1/s1. The molecule has 0 radical (unpaired) electrons. The first-order valence-electron chi connectivity index (χ1n) is 9.00. The summed E-state index contributed by atoms with van der Waals surface area (Å²) in [6.07, 6.45) is -3.83. The van der Waals surface area contributed by atoms with Crippen LogP contribution in [0.4, 0.5) is 13.2 Å². The first kappa shape index (κ1) is 23.5. The van der Waals surface area contributed by atoms with Gasteiger partial charge in [-0.05, 0) is 23.1 Å². The van der Waals surface area contributed by atoms with Crippen molar-refractivity contribution < 1.29 is 23.1 Å².